The summed E-state index contributed by atoms with van der Waals surface area (Å²) in [6, 6.07) is 16.2. The number of nitrogens with zero attached hydrogens (tertiary/aromatic N) is 2. The molecule has 1 saturated heterocycles. The van der Waals surface area contributed by atoms with Gasteiger partial charge in [-0.25, -0.2) is 4.79 Å². The number of urea groups is 1. The molecular formula is C25H34N4O3. The van der Waals surface area contributed by atoms with Gasteiger partial charge in [-0.05, 0) is 43.1 Å². The molecule has 2 amide bonds. The summed E-state index contributed by atoms with van der Waals surface area (Å²) in [6.07, 6.45) is 0.949. The Morgan fingerprint density at radius 3 is 2.47 bits per heavy atom. The molecule has 7 nitrogen and oxygen atoms in total. The van der Waals surface area contributed by atoms with Crippen molar-refractivity contribution in [3.63, 3.8) is 0 Å². The number of carbonyl (C=O) groups excluding carboxylic acids is 1. The molecule has 2 aliphatic heterocycles. The third-order valence-electron chi connectivity index (χ3n) is 6.06. The Morgan fingerprint density at radius 1 is 0.969 bits per heavy atom. The molecule has 0 spiro atoms. The summed E-state index contributed by atoms with van der Waals surface area (Å²) in [6.45, 7) is 10.2. The Bertz CT molecular complexity index is 869. The minimum Gasteiger partial charge on any atom is -0.486 e. The van der Waals surface area contributed by atoms with E-state index in [4.69, 9.17) is 9.47 Å². The topological polar surface area (TPSA) is 66.1 Å². The Balaban J connectivity index is 1.10. The maximum atomic E-state index is 12.3. The molecule has 2 aromatic carbocycles. The van der Waals surface area contributed by atoms with Crippen LogP contribution in [0.5, 0.6) is 11.5 Å². The zero-order valence-electron chi connectivity index (χ0n) is 18.9. The summed E-state index contributed by atoms with van der Waals surface area (Å²) in [7, 11) is 0. The van der Waals surface area contributed by atoms with Crippen LogP contribution in [0.4, 0.5) is 4.79 Å². The molecule has 1 atom stereocenters. The van der Waals surface area contributed by atoms with Crippen LogP contribution in [0.1, 0.15) is 30.5 Å². The average Bonchev–Trinajstić information content (AvgIpc) is 2.83. The lowest BCUT2D eigenvalue weighted by Gasteiger charge is -2.34. The van der Waals surface area contributed by atoms with E-state index in [1.807, 2.05) is 25.1 Å². The van der Waals surface area contributed by atoms with Crippen molar-refractivity contribution in [2.45, 2.75) is 25.9 Å². The van der Waals surface area contributed by atoms with Crippen LogP contribution in [0.25, 0.3) is 0 Å². The number of carbonyl (C=O) groups is 1. The van der Waals surface area contributed by atoms with Gasteiger partial charge in [-0.15, -0.1) is 0 Å². The molecule has 1 fully saturated rings. The van der Waals surface area contributed by atoms with Crippen LogP contribution in [0.3, 0.4) is 0 Å². The third-order valence-corrected chi connectivity index (χ3v) is 6.06. The van der Waals surface area contributed by atoms with Gasteiger partial charge in [0.05, 0.1) is 6.04 Å². The van der Waals surface area contributed by atoms with Crippen LogP contribution >= 0.6 is 0 Å². The molecule has 2 aromatic rings. The summed E-state index contributed by atoms with van der Waals surface area (Å²) in [5, 5.41) is 5.99. The van der Waals surface area contributed by atoms with Crippen molar-refractivity contribution in [3.05, 3.63) is 59.7 Å². The molecule has 7 heteroatoms. The van der Waals surface area contributed by atoms with E-state index < -0.39 is 0 Å². The highest BCUT2D eigenvalue weighted by atomic mass is 16.6. The second-order valence-corrected chi connectivity index (χ2v) is 8.48. The summed E-state index contributed by atoms with van der Waals surface area (Å²) >= 11 is 0. The molecule has 2 aliphatic rings. The summed E-state index contributed by atoms with van der Waals surface area (Å²) in [4.78, 5) is 17.3. The molecule has 0 aromatic heterocycles. The molecule has 32 heavy (non-hydrogen) atoms. The lowest BCUT2D eigenvalue weighted by molar-refractivity contribution is 0.126. The lowest BCUT2D eigenvalue weighted by Crippen LogP contribution is -2.46. The molecule has 1 unspecified atom stereocenters. The van der Waals surface area contributed by atoms with E-state index in [0.717, 1.165) is 62.8 Å². The van der Waals surface area contributed by atoms with Gasteiger partial charge < -0.3 is 25.0 Å². The zero-order valence-corrected chi connectivity index (χ0v) is 18.9. The van der Waals surface area contributed by atoms with Crippen molar-refractivity contribution in [2.24, 2.45) is 0 Å². The number of piperazine rings is 1. The lowest BCUT2D eigenvalue weighted by atomic mass is 10.1. The monoisotopic (exact) mass is 438 g/mol. The van der Waals surface area contributed by atoms with Crippen LogP contribution < -0.4 is 20.1 Å². The van der Waals surface area contributed by atoms with Crippen molar-refractivity contribution in [3.8, 4) is 11.5 Å². The molecule has 0 aliphatic carbocycles. The minimum absolute atomic E-state index is 0.108. The van der Waals surface area contributed by atoms with Crippen LogP contribution in [0.2, 0.25) is 0 Å². The fourth-order valence-corrected chi connectivity index (χ4v) is 4.18. The predicted octanol–water partition coefficient (Wildman–Crippen LogP) is 3.03. The van der Waals surface area contributed by atoms with Gasteiger partial charge in [0.25, 0.3) is 0 Å². The number of rotatable bonds is 8. The van der Waals surface area contributed by atoms with Gasteiger partial charge in [0, 0.05) is 39.3 Å². The van der Waals surface area contributed by atoms with E-state index >= 15 is 0 Å². The number of nitrogens with one attached hydrogen (secondary N) is 2. The maximum absolute atomic E-state index is 12.3. The molecule has 2 N–H and O–H groups in total. The maximum Gasteiger partial charge on any atom is 0.315 e. The first-order valence-electron chi connectivity index (χ1n) is 11.6. The van der Waals surface area contributed by atoms with Gasteiger partial charge in [-0.2, -0.15) is 0 Å². The number of fused-ring (bicyclic) bond motifs is 1. The van der Waals surface area contributed by atoms with Crippen molar-refractivity contribution in [2.75, 3.05) is 52.5 Å². The van der Waals surface area contributed by atoms with E-state index in [-0.39, 0.29) is 12.1 Å². The Hall–Kier alpha value is -2.77. The second kappa shape index (κ2) is 11.2. The first-order chi connectivity index (χ1) is 15.7. The van der Waals surface area contributed by atoms with Crippen molar-refractivity contribution >= 4 is 6.03 Å². The number of hydrogen-bond acceptors (Lipinski definition) is 5. The summed E-state index contributed by atoms with van der Waals surface area (Å²) in [5.41, 5.74) is 2.37. The Kier molecular flexibility index (Phi) is 7.85. The minimum atomic E-state index is -0.139. The fraction of sp³-hybridized carbons (Fsp3) is 0.480. The van der Waals surface area contributed by atoms with E-state index in [9.17, 15) is 4.79 Å². The van der Waals surface area contributed by atoms with E-state index in [2.05, 4.69) is 50.8 Å². The number of hydrogen-bond donors (Lipinski definition) is 2. The van der Waals surface area contributed by atoms with Crippen molar-refractivity contribution < 1.29 is 14.3 Å². The van der Waals surface area contributed by atoms with E-state index in [0.29, 0.717) is 19.8 Å². The van der Waals surface area contributed by atoms with Gasteiger partial charge >= 0.3 is 6.03 Å². The summed E-state index contributed by atoms with van der Waals surface area (Å²) in [5.74, 6) is 1.50. The Morgan fingerprint density at radius 2 is 1.69 bits per heavy atom. The molecule has 0 saturated carbocycles. The highest BCUT2D eigenvalue weighted by molar-refractivity contribution is 5.74. The predicted molar refractivity (Wildman–Crippen MR) is 125 cm³/mol. The van der Waals surface area contributed by atoms with Crippen molar-refractivity contribution in [1.82, 2.24) is 20.4 Å². The van der Waals surface area contributed by atoms with Gasteiger partial charge in [0.2, 0.25) is 0 Å². The van der Waals surface area contributed by atoms with Crippen molar-refractivity contribution in [1.29, 1.82) is 0 Å². The smallest absolute Gasteiger partial charge is 0.315 e. The zero-order chi connectivity index (χ0) is 22.2. The standard InChI is InChI=1S/C25H34N4O3/c1-20(22-8-9-23-24(18-22)32-17-16-31-23)27-25(30)26-10-5-11-28-12-14-29(15-13-28)19-21-6-3-2-4-7-21/h2-4,6-9,18,20H,5,10-17,19H2,1H3,(H2,26,27,30). The van der Waals surface area contributed by atoms with E-state index in [1.54, 1.807) is 0 Å². The van der Waals surface area contributed by atoms with Gasteiger partial charge in [-0.1, -0.05) is 36.4 Å². The van der Waals surface area contributed by atoms with Crippen LogP contribution in [-0.4, -0.2) is 68.3 Å². The fourth-order valence-electron chi connectivity index (χ4n) is 4.18. The second-order valence-electron chi connectivity index (χ2n) is 8.48. The average molecular weight is 439 g/mol. The highest BCUT2D eigenvalue weighted by Gasteiger charge is 2.17. The molecule has 4 rings (SSSR count). The van der Waals surface area contributed by atoms with Gasteiger partial charge in [0.1, 0.15) is 13.2 Å². The van der Waals surface area contributed by atoms with Crippen LogP contribution in [-0.2, 0) is 6.54 Å². The third kappa shape index (κ3) is 6.37. The number of ether oxygens (including phenoxy) is 2. The van der Waals surface area contributed by atoms with Crippen LogP contribution in [0, 0.1) is 0 Å². The quantitative estimate of drug-likeness (QED) is 0.621. The largest absolute Gasteiger partial charge is 0.486 e. The van der Waals surface area contributed by atoms with Gasteiger partial charge in [0.15, 0.2) is 11.5 Å². The Labute approximate surface area is 190 Å². The molecule has 0 bridgehead atoms. The molecule has 172 valence electrons. The van der Waals surface area contributed by atoms with Crippen LogP contribution in [0.15, 0.2) is 48.5 Å². The van der Waals surface area contributed by atoms with E-state index in [1.165, 1.54) is 5.56 Å². The number of benzene rings is 2. The highest BCUT2D eigenvalue weighted by Crippen LogP contribution is 2.32. The van der Waals surface area contributed by atoms with Gasteiger partial charge in [-0.3, -0.25) is 4.90 Å². The first-order valence-corrected chi connectivity index (χ1v) is 11.6. The first kappa shape index (κ1) is 22.4. The molecule has 0 radical (unpaired) electrons. The normalized spacial score (nSPS) is 17.5. The molecule has 2 heterocycles. The SMILES string of the molecule is CC(NC(=O)NCCCN1CCN(Cc2ccccc2)CC1)c1ccc2c(c1)OCCO2. The molecular weight excluding hydrogens is 404 g/mol. The number of amides is 2. The summed E-state index contributed by atoms with van der Waals surface area (Å²) < 4.78 is 11.2.